The number of benzene rings is 1. The zero-order valence-electron chi connectivity index (χ0n) is 8.94. The Labute approximate surface area is 91.7 Å². The molecule has 1 rings (SSSR count). The van der Waals surface area contributed by atoms with Gasteiger partial charge < -0.3 is 0 Å². The first-order chi connectivity index (χ1) is 6.58. The highest BCUT2D eigenvalue weighted by atomic mass is 32.2. The number of hydrogen-bond donors (Lipinski definition) is 0. The van der Waals surface area contributed by atoms with E-state index in [1.807, 2.05) is 49.3 Å². The minimum atomic E-state index is -0.0408. The molecule has 2 nitrogen and oxygen atoms in total. The first-order valence-corrected chi connectivity index (χ1v) is 8.13. The molecule has 0 saturated heterocycles. The normalized spacial score (nSPS) is 10.7. The first kappa shape index (κ1) is 11.6. The molecule has 14 heavy (non-hydrogen) atoms. The topological polar surface area (TPSA) is 18.5 Å². The maximum absolute atomic E-state index is 5.59. The van der Waals surface area contributed by atoms with Crippen LogP contribution in [0, 0.1) is 0 Å². The summed E-state index contributed by atoms with van der Waals surface area (Å²) in [5, 5.41) is 0. The SMILES string of the molecule is C[S+](C)Oc1cccc(O[S+](C)C)c1. The van der Waals surface area contributed by atoms with Gasteiger partial charge in [0.15, 0.2) is 33.9 Å². The van der Waals surface area contributed by atoms with Crippen LogP contribution in [0.25, 0.3) is 0 Å². The summed E-state index contributed by atoms with van der Waals surface area (Å²) >= 11 is -0.0816. The second-order valence-corrected chi connectivity index (χ2v) is 6.42. The molecule has 0 aromatic heterocycles. The third-order valence-electron chi connectivity index (χ3n) is 1.33. The van der Waals surface area contributed by atoms with Gasteiger partial charge in [-0.25, -0.2) is 0 Å². The summed E-state index contributed by atoms with van der Waals surface area (Å²) < 4.78 is 11.2. The van der Waals surface area contributed by atoms with Crippen molar-refractivity contribution in [1.82, 2.24) is 0 Å². The molecule has 0 fully saturated rings. The van der Waals surface area contributed by atoms with Crippen molar-refractivity contribution in [3.05, 3.63) is 24.3 Å². The van der Waals surface area contributed by atoms with E-state index in [0.29, 0.717) is 0 Å². The van der Waals surface area contributed by atoms with E-state index in [9.17, 15) is 0 Å². The van der Waals surface area contributed by atoms with E-state index in [-0.39, 0.29) is 22.4 Å². The molecule has 1 aromatic rings. The Balaban J connectivity index is 2.68. The van der Waals surface area contributed by atoms with Crippen LogP contribution in [0.2, 0.25) is 0 Å². The van der Waals surface area contributed by atoms with E-state index in [4.69, 9.17) is 8.37 Å². The minimum Gasteiger partial charge on any atom is -0.286 e. The predicted octanol–water partition coefficient (Wildman–Crippen LogP) is 2.03. The molecule has 0 aliphatic heterocycles. The van der Waals surface area contributed by atoms with Crippen LogP contribution in [0.5, 0.6) is 11.5 Å². The van der Waals surface area contributed by atoms with Gasteiger partial charge in [-0.3, -0.25) is 8.37 Å². The summed E-state index contributed by atoms with van der Waals surface area (Å²) in [6.07, 6.45) is 8.16. The van der Waals surface area contributed by atoms with Crippen LogP contribution in [-0.2, 0) is 22.4 Å². The Morgan fingerprint density at radius 1 is 0.857 bits per heavy atom. The monoisotopic (exact) mass is 232 g/mol. The van der Waals surface area contributed by atoms with E-state index in [0.717, 1.165) is 11.5 Å². The molecule has 78 valence electrons. The lowest BCUT2D eigenvalue weighted by atomic mass is 10.3. The quantitative estimate of drug-likeness (QED) is 0.740. The zero-order valence-corrected chi connectivity index (χ0v) is 10.6. The minimum absolute atomic E-state index is 0.0408. The van der Waals surface area contributed by atoms with Gasteiger partial charge in [0.1, 0.15) is 25.0 Å². The largest absolute Gasteiger partial charge is 0.286 e. The average molecular weight is 232 g/mol. The standard InChI is InChI=1S/C10H16O2S2/c1-13(2)11-9-6-5-7-10(8-9)12-14(3)4/h5-8H,1-4H3/q+2. The Kier molecular flexibility index (Phi) is 4.48. The fraction of sp³-hybridized carbons (Fsp3) is 0.400. The van der Waals surface area contributed by atoms with E-state index in [1.54, 1.807) is 0 Å². The van der Waals surface area contributed by atoms with E-state index in [1.165, 1.54) is 0 Å². The summed E-state index contributed by atoms with van der Waals surface area (Å²) in [6.45, 7) is 0. The van der Waals surface area contributed by atoms with Gasteiger partial charge in [0, 0.05) is 6.07 Å². The zero-order chi connectivity index (χ0) is 10.6. The maximum atomic E-state index is 5.59. The van der Waals surface area contributed by atoms with Gasteiger partial charge in [-0.05, 0) is 12.1 Å². The molecule has 4 heteroatoms. The molecule has 0 N–H and O–H groups in total. The molecular weight excluding hydrogens is 216 g/mol. The number of hydrogen-bond acceptors (Lipinski definition) is 2. The van der Waals surface area contributed by atoms with E-state index >= 15 is 0 Å². The van der Waals surface area contributed by atoms with Crippen LogP contribution in [-0.4, -0.2) is 25.0 Å². The summed E-state index contributed by atoms with van der Waals surface area (Å²) in [6, 6.07) is 7.77. The van der Waals surface area contributed by atoms with Crippen molar-refractivity contribution in [2.24, 2.45) is 0 Å². The molecular formula is C10H16O2S2+2. The van der Waals surface area contributed by atoms with Gasteiger partial charge in [-0.1, -0.05) is 6.07 Å². The van der Waals surface area contributed by atoms with Gasteiger partial charge in [0.05, 0.1) is 0 Å². The van der Waals surface area contributed by atoms with Crippen molar-refractivity contribution < 1.29 is 8.37 Å². The third kappa shape index (κ3) is 4.15. The van der Waals surface area contributed by atoms with Gasteiger partial charge in [0.25, 0.3) is 0 Å². The Morgan fingerprint density at radius 2 is 1.29 bits per heavy atom. The van der Waals surface area contributed by atoms with Gasteiger partial charge >= 0.3 is 0 Å². The molecule has 0 saturated carbocycles. The van der Waals surface area contributed by atoms with Crippen molar-refractivity contribution in [2.45, 2.75) is 0 Å². The number of rotatable bonds is 4. The van der Waals surface area contributed by atoms with Crippen molar-refractivity contribution in [2.75, 3.05) is 25.0 Å². The molecule has 0 bridgehead atoms. The smallest absolute Gasteiger partial charge is 0.191 e. The van der Waals surface area contributed by atoms with Crippen molar-refractivity contribution in [1.29, 1.82) is 0 Å². The van der Waals surface area contributed by atoms with Crippen LogP contribution in [0.4, 0.5) is 0 Å². The summed E-state index contributed by atoms with van der Waals surface area (Å²) in [4.78, 5) is 0. The highest BCUT2D eigenvalue weighted by Crippen LogP contribution is 2.21. The average Bonchev–Trinajstić information content (AvgIpc) is 2.01. The molecule has 0 unspecified atom stereocenters. The highest BCUT2D eigenvalue weighted by Gasteiger charge is 2.10. The molecule has 0 spiro atoms. The lowest BCUT2D eigenvalue weighted by Crippen LogP contribution is -2.06. The molecule has 0 atom stereocenters. The Morgan fingerprint density at radius 3 is 1.64 bits per heavy atom. The van der Waals surface area contributed by atoms with E-state index < -0.39 is 0 Å². The van der Waals surface area contributed by atoms with E-state index in [2.05, 4.69) is 0 Å². The van der Waals surface area contributed by atoms with Gasteiger partial charge in [-0.15, -0.1) is 0 Å². The summed E-state index contributed by atoms with van der Waals surface area (Å²) in [7, 11) is 0. The lowest BCUT2D eigenvalue weighted by Gasteiger charge is -2.02. The summed E-state index contributed by atoms with van der Waals surface area (Å²) in [5.74, 6) is 1.75. The van der Waals surface area contributed by atoms with Crippen LogP contribution in [0.1, 0.15) is 0 Å². The second kappa shape index (κ2) is 5.41. The van der Waals surface area contributed by atoms with Crippen LogP contribution < -0.4 is 8.37 Å². The highest BCUT2D eigenvalue weighted by molar-refractivity contribution is 7.91. The van der Waals surface area contributed by atoms with Crippen LogP contribution in [0.15, 0.2) is 24.3 Å². The maximum Gasteiger partial charge on any atom is 0.191 e. The molecule has 0 heterocycles. The third-order valence-corrected chi connectivity index (χ3v) is 2.38. The van der Waals surface area contributed by atoms with Crippen molar-refractivity contribution in [3.63, 3.8) is 0 Å². The fourth-order valence-corrected chi connectivity index (χ4v) is 1.94. The molecule has 1 aromatic carbocycles. The molecule has 0 aliphatic carbocycles. The Bertz CT molecular complexity index is 262. The molecule has 0 amide bonds. The van der Waals surface area contributed by atoms with Gasteiger partial charge in [0.2, 0.25) is 0 Å². The lowest BCUT2D eigenvalue weighted by molar-refractivity contribution is 0.606. The summed E-state index contributed by atoms with van der Waals surface area (Å²) in [5.41, 5.74) is 0. The fourth-order valence-electron chi connectivity index (χ4n) is 0.963. The second-order valence-electron chi connectivity index (χ2n) is 3.12. The van der Waals surface area contributed by atoms with Gasteiger partial charge in [-0.2, -0.15) is 0 Å². The molecule has 0 radical (unpaired) electrons. The van der Waals surface area contributed by atoms with Crippen LogP contribution >= 0.6 is 0 Å². The predicted molar refractivity (Wildman–Crippen MR) is 66.1 cm³/mol. The van der Waals surface area contributed by atoms with Crippen molar-refractivity contribution >= 4 is 22.4 Å². The first-order valence-electron chi connectivity index (χ1n) is 4.20. The molecule has 0 aliphatic rings. The van der Waals surface area contributed by atoms with Crippen LogP contribution in [0.3, 0.4) is 0 Å². The Hall–Kier alpha value is -0.480. The van der Waals surface area contributed by atoms with Crippen molar-refractivity contribution in [3.8, 4) is 11.5 Å².